The lowest BCUT2D eigenvalue weighted by molar-refractivity contribution is -0.143. The van der Waals surface area contributed by atoms with Crippen LogP contribution >= 0.6 is 11.3 Å². The summed E-state index contributed by atoms with van der Waals surface area (Å²) < 4.78 is 26.2. The van der Waals surface area contributed by atoms with Gasteiger partial charge in [0.15, 0.2) is 16.8 Å². The van der Waals surface area contributed by atoms with E-state index in [9.17, 15) is 18.4 Å². The van der Waals surface area contributed by atoms with Gasteiger partial charge in [0.2, 0.25) is 0 Å². The number of hydrogen-bond donors (Lipinski definition) is 2. The largest absolute Gasteiger partial charge is 0.481 e. The first-order valence-electron chi connectivity index (χ1n) is 8.09. The number of likely N-dealkylation sites (tertiary alicyclic amines) is 1. The number of thiazole rings is 1. The summed E-state index contributed by atoms with van der Waals surface area (Å²) in [6.07, 6.45) is 3.14. The smallest absolute Gasteiger partial charge is 0.323 e. The molecule has 0 bridgehead atoms. The zero-order valence-electron chi connectivity index (χ0n) is 13.7. The monoisotopic (exact) mass is 381 g/mol. The molecule has 1 aliphatic heterocycles. The predicted molar refractivity (Wildman–Crippen MR) is 92.2 cm³/mol. The number of benzene rings is 1. The van der Waals surface area contributed by atoms with Gasteiger partial charge in [0.05, 0.1) is 5.92 Å². The van der Waals surface area contributed by atoms with Gasteiger partial charge < -0.3 is 10.0 Å². The summed E-state index contributed by atoms with van der Waals surface area (Å²) in [5, 5.41) is 12.1. The van der Waals surface area contributed by atoms with Crippen LogP contribution in [0.2, 0.25) is 0 Å². The Labute approximate surface area is 152 Å². The van der Waals surface area contributed by atoms with Gasteiger partial charge in [-0.1, -0.05) is 6.07 Å². The number of piperidine rings is 1. The number of aliphatic carboxylic acids is 1. The number of rotatable bonds is 4. The second-order valence-electron chi connectivity index (χ2n) is 6.11. The number of urea groups is 1. The maximum absolute atomic E-state index is 13.3. The lowest BCUT2D eigenvalue weighted by Gasteiger charge is -2.30. The molecule has 6 nitrogen and oxygen atoms in total. The number of nitrogens with zero attached hydrogens (tertiary/aromatic N) is 2. The zero-order valence-corrected chi connectivity index (χ0v) is 14.6. The minimum absolute atomic E-state index is 0.175. The van der Waals surface area contributed by atoms with Crippen molar-refractivity contribution in [3.05, 3.63) is 46.5 Å². The van der Waals surface area contributed by atoms with E-state index in [4.69, 9.17) is 5.11 Å². The second kappa shape index (κ2) is 7.77. The Hall–Kier alpha value is -2.55. The Balaban J connectivity index is 1.60. The molecule has 0 spiro atoms. The molecule has 1 fully saturated rings. The van der Waals surface area contributed by atoms with Crippen LogP contribution in [0.1, 0.15) is 23.3 Å². The van der Waals surface area contributed by atoms with Gasteiger partial charge >= 0.3 is 12.0 Å². The Morgan fingerprint density at radius 2 is 2.15 bits per heavy atom. The van der Waals surface area contributed by atoms with Gasteiger partial charge in [-0.25, -0.2) is 18.6 Å². The molecule has 3 rings (SSSR count). The average Bonchev–Trinajstić information content (AvgIpc) is 3.05. The molecule has 138 valence electrons. The normalized spacial score (nSPS) is 17.2. The summed E-state index contributed by atoms with van der Waals surface area (Å²) >= 11 is 1.23. The van der Waals surface area contributed by atoms with E-state index in [-0.39, 0.29) is 12.6 Å². The van der Waals surface area contributed by atoms with E-state index >= 15 is 0 Å². The maximum atomic E-state index is 13.3. The highest BCUT2D eigenvalue weighted by Crippen LogP contribution is 2.23. The van der Waals surface area contributed by atoms with Crippen molar-refractivity contribution in [2.75, 3.05) is 18.4 Å². The fourth-order valence-electron chi connectivity index (χ4n) is 2.83. The molecule has 1 aromatic heterocycles. The number of anilines is 1. The van der Waals surface area contributed by atoms with Crippen molar-refractivity contribution >= 4 is 28.5 Å². The van der Waals surface area contributed by atoms with Crippen molar-refractivity contribution in [1.29, 1.82) is 0 Å². The zero-order chi connectivity index (χ0) is 18.7. The quantitative estimate of drug-likeness (QED) is 0.851. The van der Waals surface area contributed by atoms with E-state index in [0.717, 1.165) is 17.0 Å². The SMILES string of the molecule is O=C(O)C1CCCN(C(=O)Nc2ncc(Cc3ccc(F)c(F)c3)s2)C1. The van der Waals surface area contributed by atoms with Crippen LogP contribution in [0.4, 0.5) is 18.7 Å². The highest BCUT2D eigenvalue weighted by molar-refractivity contribution is 7.15. The lowest BCUT2D eigenvalue weighted by Crippen LogP contribution is -2.44. The van der Waals surface area contributed by atoms with E-state index in [1.54, 1.807) is 6.20 Å². The van der Waals surface area contributed by atoms with Gasteiger partial charge in [-0.15, -0.1) is 11.3 Å². The minimum Gasteiger partial charge on any atom is -0.481 e. The molecule has 0 radical (unpaired) electrons. The Morgan fingerprint density at radius 3 is 2.88 bits per heavy atom. The molecule has 1 saturated heterocycles. The molecule has 1 aromatic carbocycles. The van der Waals surface area contributed by atoms with E-state index in [1.165, 1.54) is 22.3 Å². The molecule has 0 aliphatic carbocycles. The van der Waals surface area contributed by atoms with E-state index in [0.29, 0.717) is 36.5 Å². The number of halogens is 2. The molecule has 26 heavy (non-hydrogen) atoms. The molecule has 1 unspecified atom stereocenters. The van der Waals surface area contributed by atoms with Gasteiger partial charge in [0.25, 0.3) is 0 Å². The maximum Gasteiger partial charge on any atom is 0.323 e. The van der Waals surface area contributed by atoms with Crippen LogP contribution in [0.3, 0.4) is 0 Å². The summed E-state index contributed by atoms with van der Waals surface area (Å²) in [4.78, 5) is 29.7. The molecule has 9 heteroatoms. The number of aromatic nitrogens is 1. The molecule has 1 aliphatic rings. The van der Waals surface area contributed by atoms with Gasteiger partial charge in [-0.05, 0) is 30.5 Å². The van der Waals surface area contributed by atoms with Crippen molar-refractivity contribution < 1.29 is 23.5 Å². The molecule has 2 N–H and O–H groups in total. The van der Waals surface area contributed by atoms with Gasteiger partial charge in [0.1, 0.15) is 0 Å². The molecular weight excluding hydrogens is 364 g/mol. The molecule has 2 amide bonds. The third-order valence-corrected chi connectivity index (χ3v) is 5.10. The Kier molecular flexibility index (Phi) is 5.46. The number of nitrogens with one attached hydrogen (secondary N) is 1. The topological polar surface area (TPSA) is 82.5 Å². The Bertz CT molecular complexity index is 827. The molecule has 1 atom stereocenters. The van der Waals surface area contributed by atoms with Crippen LogP contribution in [-0.4, -0.2) is 40.1 Å². The molecule has 2 heterocycles. The molecule has 2 aromatic rings. The average molecular weight is 381 g/mol. The summed E-state index contributed by atoms with van der Waals surface area (Å²) in [5.41, 5.74) is 0.603. The van der Waals surface area contributed by atoms with Crippen molar-refractivity contribution in [2.24, 2.45) is 5.92 Å². The Morgan fingerprint density at radius 1 is 1.35 bits per heavy atom. The van der Waals surface area contributed by atoms with Crippen LogP contribution in [0, 0.1) is 17.6 Å². The van der Waals surface area contributed by atoms with Crippen molar-refractivity contribution in [3.63, 3.8) is 0 Å². The fraction of sp³-hybridized carbons (Fsp3) is 0.353. The van der Waals surface area contributed by atoms with Crippen molar-refractivity contribution in [1.82, 2.24) is 9.88 Å². The third kappa shape index (κ3) is 4.34. The number of carboxylic acids is 1. The molecule has 0 saturated carbocycles. The van der Waals surface area contributed by atoms with Crippen LogP contribution in [0.5, 0.6) is 0 Å². The van der Waals surface area contributed by atoms with Gasteiger partial charge in [-0.2, -0.15) is 0 Å². The number of carboxylic acid groups (broad SMARTS) is 1. The summed E-state index contributed by atoms with van der Waals surface area (Å²) in [6, 6.07) is 3.32. The highest BCUT2D eigenvalue weighted by Gasteiger charge is 2.28. The number of amides is 2. The molecular formula is C17H17F2N3O3S. The van der Waals surface area contributed by atoms with E-state index < -0.39 is 23.5 Å². The highest BCUT2D eigenvalue weighted by atomic mass is 32.1. The minimum atomic E-state index is -0.904. The number of carbonyl (C=O) groups is 2. The summed E-state index contributed by atoms with van der Waals surface area (Å²) in [7, 11) is 0. The fourth-order valence-corrected chi connectivity index (χ4v) is 3.67. The van der Waals surface area contributed by atoms with Crippen LogP contribution < -0.4 is 5.32 Å². The number of carbonyl (C=O) groups excluding carboxylic acids is 1. The van der Waals surface area contributed by atoms with E-state index in [1.807, 2.05) is 0 Å². The van der Waals surface area contributed by atoms with Gasteiger partial charge in [-0.3, -0.25) is 10.1 Å². The second-order valence-corrected chi connectivity index (χ2v) is 7.23. The third-order valence-electron chi connectivity index (χ3n) is 4.19. The van der Waals surface area contributed by atoms with Crippen LogP contribution in [0.25, 0.3) is 0 Å². The first kappa shape index (κ1) is 18.2. The first-order chi connectivity index (χ1) is 12.4. The van der Waals surface area contributed by atoms with Crippen molar-refractivity contribution in [3.8, 4) is 0 Å². The predicted octanol–water partition coefficient (Wildman–Crippen LogP) is 3.34. The number of hydrogen-bond acceptors (Lipinski definition) is 4. The van der Waals surface area contributed by atoms with Gasteiger partial charge in [0, 0.05) is 30.6 Å². The first-order valence-corrected chi connectivity index (χ1v) is 8.91. The van der Waals surface area contributed by atoms with Crippen molar-refractivity contribution in [2.45, 2.75) is 19.3 Å². The van der Waals surface area contributed by atoms with Crippen LogP contribution in [0.15, 0.2) is 24.4 Å². The summed E-state index contributed by atoms with van der Waals surface area (Å²) in [5.74, 6) is -3.24. The standard InChI is InChI=1S/C17H17F2N3O3S/c18-13-4-3-10(7-14(13)19)6-12-8-20-16(26-12)21-17(25)22-5-1-2-11(9-22)15(23)24/h3-4,7-8,11H,1-2,5-6,9H2,(H,23,24)(H,20,21,25). The summed E-state index contributed by atoms with van der Waals surface area (Å²) in [6.45, 7) is 0.678. The van der Waals surface area contributed by atoms with Crippen LogP contribution in [-0.2, 0) is 11.2 Å². The lowest BCUT2D eigenvalue weighted by atomic mass is 9.99. The van der Waals surface area contributed by atoms with E-state index in [2.05, 4.69) is 10.3 Å².